The molecule has 1 aliphatic heterocycles. The molecule has 0 saturated carbocycles. The summed E-state index contributed by atoms with van der Waals surface area (Å²) in [6.45, 7) is 14.5. The first-order valence-electron chi connectivity index (χ1n) is 11.3. The summed E-state index contributed by atoms with van der Waals surface area (Å²) in [4.78, 5) is 45.0. The largest absolute Gasteiger partial charge is 0.534 e. The first-order chi connectivity index (χ1) is 16.2. The number of rotatable bonds is 4. The number of carbonyl (C=O) groups excluding carboxylic acids is 3. The molecule has 0 aromatic heterocycles. The summed E-state index contributed by atoms with van der Waals surface area (Å²) in [5.41, 5.74) is -3.51. The van der Waals surface area contributed by atoms with Crippen LogP contribution in [0, 0.1) is 0 Å². The first-order valence-corrected chi connectivity index (χ1v) is 13.2. The van der Waals surface area contributed by atoms with E-state index in [0.29, 0.717) is 10.6 Å². The Morgan fingerprint density at radius 3 is 1.92 bits per heavy atom. The minimum atomic E-state index is -3.48. The van der Waals surface area contributed by atoms with Gasteiger partial charge in [-0.1, -0.05) is 12.1 Å². The molecule has 0 bridgehead atoms. The van der Waals surface area contributed by atoms with Gasteiger partial charge in [-0.05, 0) is 74.4 Å². The first kappa shape index (κ1) is 29.1. The molecule has 2 amide bonds. The average molecular weight is 526 g/mol. The van der Waals surface area contributed by atoms with Gasteiger partial charge in [-0.15, -0.1) is 5.06 Å². The van der Waals surface area contributed by atoms with Gasteiger partial charge in [0.15, 0.2) is 9.84 Å². The van der Waals surface area contributed by atoms with E-state index in [1.807, 2.05) is 0 Å². The van der Waals surface area contributed by atoms with Gasteiger partial charge in [-0.2, -0.15) is 5.10 Å². The van der Waals surface area contributed by atoms with Gasteiger partial charge in [-0.25, -0.2) is 23.0 Å². The van der Waals surface area contributed by atoms with Crippen LogP contribution in [0.3, 0.4) is 0 Å². The van der Waals surface area contributed by atoms with E-state index in [1.54, 1.807) is 55.4 Å². The molecule has 12 heteroatoms. The van der Waals surface area contributed by atoms with Crippen molar-refractivity contribution < 1.29 is 37.1 Å². The molecule has 2 rings (SSSR count). The van der Waals surface area contributed by atoms with Crippen LogP contribution in [0.1, 0.15) is 67.9 Å². The summed E-state index contributed by atoms with van der Waals surface area (Å²) in [5.74, 6) is -0.658. The van der Waals surface area contributed by atoms with Crippen LogP contribution in [0.2, 0.25) is 0 Å². The van der Waals surface area contributed by atoms with Crippen molar-refractivity contribution in [3.05, 3.63) is 29.8 Å². The van der Waals surface area contributed by atoms with Gasteiger partial charge in [0.05, 0.1) is 10.9 Å². The van der Waals surface area contributed by atoms with Crippen molar-refractivity contribution >= 4 is 33.7 Å². The molecule has 0 aliphatic carbocycles. The maximum Gasteiger partial charge on any atom is 0.534 e. The quantitative estimate of drug-likeness (QED) is 0.427. The Morgan fingerprint density at radius 1 is 1.00 bits per heavy atom. The number of amides is 2. The van der Waals surface area contributed by atoms with E-state index in [1.165, 1.54) is 31.2 Å². The smallest absolute Gasteiger partial charge is 0.442 e. The summed E-state index contributed by atoms with van der Waals surface area (Å²) in [6.07, 6.45) is -1.27. The number of hydrogen-bond acceptors (Lipinski definition) is 9. The third kappa shape index (κ3) is 6.54. The SMILES string of the molecule is CC(C)N1N=C(c2ccc(S(C)(=O)=O)cc2)C(C)(N(OC(=O)OC(C)(C)C)C(=O)OC(C)(C)C)C1=O. The van der Waals surface area contributed by atoms with Crippen LogP contribution >= 0.6 is 0 Å². The Hall–Kier alpha value is -3.15. The highest BCUT2D eigenvalue weighted by atomic mass is 32.2. The fourth-order valence-electron chi connectivity index (χ4n) is 3.26. The van der Waals surface area contributed by atoms with Crippen molar-refractivity contribution in [3.8, 4) is 0 Å². The molecule has 0 radical (unpaired) electrons. The van der Waals surface area contributed by atoms with E-state index in [9.17, 15) is 22.8 Å². The highest BCUT2D eigenvalue weighted by Gasteiger charge is 2.58. The van der Waals surface area contributed by atoms with Crippen LogP contribution in [0.5, 0.6) is 0 Å². The van der Waals surface area contributed by atoms with Gasteiger partial charge >= 0.3 is 12.2 Å². The Kier molecular flexibility index (Phi) is 7.85. The number of benzene rings is 1. The summed E-state index contributed by atoms with van der Waals surface area (Å²) < 4.78 is 34.5. The summed E-state index contributed by atoms with van der Waals surface area (Å²) in [5, 5.41) is 6.13. The number of hydrazone groups is 1. The second kappa shape index (κ2) is 9.72. The van der Waals surface area contributed by atoms with Gasteiger partial charge in [0.1, 0.15) is 16.9 Å². The third-order valence-corrected chi connectivity index (χ3v) is 5.99. The fraction of sp³-hybridized carbons (Fsp3) is 0.583. The summed E-state index contributed by atoms with van der Waals surface area (Å²) in [7, 11) is -3.48. The molecule has 0 fully saturated rings. The van der Waals surface area contributed by atoms with Gasteiger partial charge < -0.3 is 9.47 Å². The van der Waals surface area contributed by atoms with Gasteiger partial charge in [0.2, 0.25) is 5.54 Å². The van der Waals surface area contributed by atoms with Crippen LogP contribution in [-0.2, 0) is 28.9 Å². The zero-order chi connectivity index (χ0) is 27.9. The number of ether oxygens (including phenoxy) is 2. The monoisotopic (exact) mass is 525 g/mol. The molecule has 1 aromatic rings. The van der Waals surface area contributed by atoms with Crippen LogP contribution < -0.4 is 0 Å². The van der Waals surface area contributed by atoms with E-state index in [0.717, 1.165) is 11.3 Å². The number of carbonyl (C=O) groups is 3. The van der Waals surface area contributed by atoms with Crippen LogP contribution in [0.4, 0.5) is 9.59 Å². The van der Waals surface area contributed by atoms with Crippen molar-refractivity contribution in [1.82, 2.24) is 10.1 Å². The maximum absolute atomic E-state index is 13.7. The van der Waals surface area contributed by atoms with Crippen LogP contribution in [-0.4, -0.2) is 71.4 Å². The van der Waals surface area contributed by atoms with E-state index >= 15 is 0 Å². The lowest BCUT2D eigenvalue weighted by Crippen LogP contribution is -2.61. The Morgan fingerprint density at radius 2 is 1.50 bits per heavy atom. The molecular formula is C24H35N3O8S. The highest BCUT2D eigenvalue weighted by Crippen LogP contribution is 2.34. The molecule has 0 saturated heterocycles. The van der Waals surface area contributed by atoms with Gasteiger partial charge in [0, 0.05) is 11.8 Å². The van der Waals surface area contributed by atoms with Crippen LogP contribution in [0.15, 0.2) is 34.3 Å². The van der Waals surface area contributed by atoms with Crippen molar-refractivity contribution in [2.75, 3.05) is 6.26 Å². The van der Waals surface area contributed by atoms with Gasteiger partial charge in [0.25, 0.3) is 5.91 Å². The second-order valence-corrected chi connectivity index (χ2v) is 12.9. The Labute approximate surface area is 212 Å². The van der Waals surface area contributed by atoms with E-state index in [4.69, 9.17) is 14.3 Å². The number of hydroxylamine groups is 2. The lowest BCUT2D eigenvalue weighted by atomic mass is 9.89. The molecule has 200 valence electrons. The van der Waals surface area contributed by atoms with E-state index in [-0.39, 0.29) is 10.6 Å². The van der Waals surface area contributed by atoms with Crippen molar-refractivity contribution in [2.24, 2.45) is 5.10 Å². The minimum absolute atomic E-state index is 0.0515. The zero-order valence-corrected chi connectivity index (χ0v) is 23.2. The Balaban J connectivity index is 2.68. The molecule has 1 unspecified atom stereocenters. The predicted molar refractivity (Wildman–Crippen MR) is 132 cm³/mol. The van der Waals surface area contributed by atoms with Crippen molar-refractivity contribution in [2.45, 2.75) is 90.0 Å². The topological polar surface area (TPSA) is 132 Å². The standard InChI is InChI=1S/C24H35N3O8S/c1-15(2)26-19(28)24(9,18(25-26)16-11-13-17(14-12-16)36(10,31)32)27(20(29)33-22(3,4)5)35-21(30)34-23(6,7)8/h11-15H,1-10H3. The lowest BCUT2D eigenvalue weighted by Gasteiger charge is -2.36. The maximum atomic E-state index is 13.7. The lowest BCUT2D eigenvalue weighted by molar-refractivity contribution is -0.177. The molecule has 11 nitrogen and oxygen atoms in total. The molecule has 1 aliphatic rings. The third-order valence-electron chi connectivity index (χ3n) is 4.86. The second-order valence-electron chi connectivity index (χ2n) is 10.9. The summed E-state index contributed by atoms with van der Waals surface area (Å²) >= 11 is 0. The average Bonchev–Trinajstić information content (AvgIpc) is 2.95. The normalized spacial score (nSPS) is 18.7. The molecule has 1 atom stereocenters. The number of hydrogen-bond donors (Lipinski definition) is 0. The van der Waals surface area contributed by atoms with E-state index in [2.05, 4.69) is 5.10 Å². The molecule has 0 spiro atoms. The number of nitrogens with zero attached hydrogens (tertiary/aromatic N) is 3. The van der Waals surface area contributed by atoms with E-state index < -0.39 is 50.8 Å². The molecule has 1 heterocycles. The zero-order valence-electron chi connectivity index (χ0n) is 22.4. The van der Waals surface area contributed by atoms with Crippen molar-refractivity contribution in [1.29, 1.82) is 0 Å². The molecular weight excluding hydrogens is 490 g/mol. The highest BCUT2D eigenvalue weighted by molar-refractivity contribution is 7.90. The molecule has 1 aromatic carbocycles. The molecule has 36 heavy (non-hydrogen) atoms. The minimum Gasteiger partial charge on any atom is -0.442 e. The summed E-state index contributed by atoms with van der Waals surface area (Å²) in [6, 6.07) is 5.24. The van der Waals surface area contributed by atoms with Crippen molar-refractivity contribution in [3.63, 3.8) is 0 Å². The predicted octanol–water partition coefficient (Wildman–Crippen LogP) is 3.91. The van der Waals surface area contributed by atoms with Gasteiger partial charge in [-0.3, -0.25) is 9.63 Å². The number of sulfone groups is 1. The van der Waals surface area contributed by atoms with Crippen LogP contribution in [0.25, 0.3) is 0 Å². The molecule has 0 N–H and O–H groups in total. The Bertz CT molecular complexity index is 1160. The fourth-order valence-corrected chi connectivity index (χ4v) is 3.89.